The molecule has 7 nitrogen and oxygen atoms in total. The molecule has 1 aliphatic rings. The number of nitrogens with one attached hydrogen (secondary N) is 2. The van der Waals surface area contributed by atoms with E-state index in [1.54, 1.807) is 0 Å². The summed E-state index contributed by atoms with van der Waals surface area (Å²) >= 11 is 0. The number of aromatic nitrogens is 2. The topological polar surface area (TPSA) is 96.5 Å². The van der Waals surface area contributed by atoms with E-state index in [1.807, 2.05) is 24.3 Å². The number of aliphatic hydroxyl groups excluding tert-OH is 1. The van der Waals surface area contributed by atoms with Crippen LogP contribution >= 0.6 is 0 Å². The first kappa shape index (κ1) is 15.0. The number of aliphatic hydroxyl groups is 1. The highest BCUT2D eigenvalue weighted by Crippen LogP contribution is 2.18. The minimum Gasteiger partial charge on any atom is -0.390 e. The highest BCUT2D eigenvalue weighted by molar-refractivity contribution is 6.04. The number of hydrogen-bond acceptors (Lipinski definition) is 5. The van der Waals surface area contributed by atoms with Gasteiger partial charge in [0, 0.05) is 25.0 Å². The predicted molar refractivity (Wildman–Crippen MR) is 79.5 cm³/mol. The Labute approximate surface area is 127 Å². The fourth-order valence-electron chi connectivity index (χ4n) is 2.67. The molecule has 2 heterocycles. The Morgan fingerprint density at radius 3 is 3.14 bits per heavy atom. The van der Waals surface area contributed by atoms with Crippen LogP contribution in [0.5, 0.6) is 0 Å². The Balaban J connectivity index is 1.65. The maximum Gasteiger partial charge on any atom is 0.272 e. The maximum atomic E-state index is 12.3. The Hall–Kier alpha value is -1.96. The first-order chi connectivity index (χ1) is 10.7. The van der Waals surface area contributed by atoms with Gasteiger partial charge < -0.3 is 19.9 Å². The largest absolute Gasteiger partial charge is 0.390 e. The molecule has 3 N–H and O–H groups in total. The zero-order valence-corrected chi connectivity index (χ0v) is 12.3. The molecule has 2 aromatic rings. The molecule has 1 aromatic heterocycles. The van der Waals surface area contributed by atoms with Gasteiger partial charge in [0.05, 0.1) is 24.8 Å². The molecule has 0 aliphatic carbocycles. The number of hydrogen-bond donors (Lipinski definition) is 3. The van der Waals surface area contributed by atoms with Crippen LogP contribution in [-0.2, 0) is 9.47 Å². The molecule has 0 saturated carbocycles. The van der Waals surface area contributed by atoms with E-state index in [4.69, 9.17) is 9.47 Å². The van der Waals surface area contributed by atoms with Crippen molar-refractivity contribution in [2.45, 2.75) is 12.2 Å². The quantitative estimate of drug-likeness (QED) is 0.756. The fraction of sp³-hybridized carbons (Fsp3) is 0.467. The molecule has 0 radical (unpaired) electrons. The molecule has 1 aromatic carbocycles. The lowest BCUT2D eigenvalue weighted by atomic mass is 9.96. The van der Waals surface area contributed by atoms with Gasteiger partial charge in [-0.25, -0.2) is 0 Å². The van der Waals surface area contributed by atoms with E-state index in [9.17, 15) is 9.90 Å². The van der Waals surface area contributed by atoms with Crippen LogP contribution in [0.2, 0.25) is 0 Å². The lowest BCUT2D eigenvalue weighted by Gasteiger charge is -2.33. The minimum atomic E-state index is -0.657. The molecule has 3 atom stereocenters. The molecular formula is C15H19N3O4. The van der Waals surface area contributed by atoms with Crippen molar-refractivity contribution < 1.29 is 19.4 Å². The number of methoxy groups -OCH3 is 1. The van der Waals surface area contributed by atoms with Crippen LogP contribution in [0.3, 0.4) is 0 Å². The van der Waals surface area contributed by atoms with E-state index in [-0.39, 0.29) is 17.9 Å². The number of benzene rings is 1. The van der Waals surface area contributed by atoms with E-state index in [0.29, 0.717) is 25.5 Å². The Morgan fingerprint density at radius 2 is 2.32 bits per heavy atom. The second-order valence-electron chi connectivity index (χ2n) is 5.39. The molecule has 7 heteroatoms. The number of ether oxygens (including phenoxy) is 2. The summed E-state index contributed by atoms with van der Waals surface area (Å²) in [5.74, 6) is -0.475. The van der Waals surface area contributed by atoms with Crippen molar-refractivity contribution in [1.29, 1.82) is 0 Å². The number of para-hydroxylation sites is 1. The van der Waals surface area contributed by atoms with E-state index in [2.05, 4.69) is 15.5 Å². The summed E-state index contributed by atoms with van der Waals surface area (Å²) in [5.41, 5.74) is 1.17. The van der Waals surface area contributed by atoms with E-state index in [1.165, 1.54) is 7.11 Å². The summed E-state index contributed by atoms with van der Waals surface area (Å²) in [5, 5.41) is 20.6. The van der Waals surface area contributed by atoms with Crippen LogP contribution in [-0.4, -0.2) is 60.3 Å². The van der Waals surface area contributed by atoms with Crippen LogP contribution in [0.4, 0.5) is 0 Å². The molecule has 1 aliphatic heterocycles. The van der Waals surface area contributed by atoms with Crippen molar-refractivity contribution >= 4 is 16.8 Å². The monoisotopic (exact) mass is 305 g/mol. The van der Waals surface area contributed by atoms with Crippen LogP contribution in [0, 0.1) is 5.92 Å². The van der Waals surface area contributed by atoms with Crippen LogP contribution in [0.15, 0.2) is 24.3 Å². The maximum absolute atomic E-state index is 12.3. The summed E-state index contributed by atoms with van der Waals surface area (Å²) in [6.07, 6.45) is -1.02. The van der Waals surface area contributed by atoms with Gasteiger partial charge in [0.25, 0.3) is 5.91 Å². The van der Waals surface area contributed by atoms with Crippen LogP contribution < -0.4 is 5.32 Å². The van der Waals surface area contributed by atoms with E-state index >= 15 is 0 Å². The third kappa shape index (κ3) is 2.83. The number of aromatic amines is 1. The van der Waals surface area contributed by atoms with Crippen molar-refractivity contribution in [1.82, 2.24) is 15.5 Å². The number of rotatable bonds is 4. The molecule has 3 rings (SSSR count). The predicted octanol–water partition coefficient (Wildman–Crippen LogP) is 0.315. The average Bonchev–Trinajstić information content (AvgIpc) is 2.98. The van der Waals surface area contributed by atoms with Gasteiger partial charge >= 0.3 is 0 Å². The third-order valence-electron chi connectivity index (χ3n) is 3.99. The zero-order valence-electron chi connectivity index (χ0n) is 12.3. The molecule has 0 bridgehead atoms. The third-order valence-corrected chi connectivity index (χ3v) is 3.99. The summed E-state index contributed by atoms with van der Waals surface area (Å²) in [4.78, 5) is 12.3. The second-order valence-corrected chi connectivity index (χ2v) is 5.39. The number of nitrogens with zero attached hydrogens (tertiary/aromatic N) is 1. The fourth-order valence-corrected chi connectivity index (χ4v) is 2.67. The van der Waals surface area contributed by atoms with Crippen molar-refractivity contribution in [2.75, 3.05) is 26.9 Å². The van der Waals surface area contributed by atoms with Gasteiger partial charge in [0.2, 0.25) is 0 Å². The lowest BCUT2D eigenvalue weighted by molar-refractivity contribution is -0.132. The molecule has 22 heavy (non-hydrogen) atoms. The standard InChI is InChI=1S/C15H19N3O4/c1-21-12-8-22-7-9(14(12)19)6-16-15(20)13-10-4-2-3-5-11(10)17-18-13/h2-5,9,12,14,19H,6-8H2,1H3,(H,16,20)(H,17,18)/t9-,12-,14+/m1/s1. The van der Waals surface area contributed by atoms with E-state index in [0.717, 1.165) is 10.9 Å². The van der Waals surface area contributed by atoms with Crippen molar-refractivity contribution in [2.24, 2.45) is 5.92 Å². The lowest BCUT2D eigenvalue weighted by Crippen LogP contribution is -2.49. The van der Waals surface area contributed by atoms with Crippen molar-refractivity contribution in [3.63, 3.8) is 0 Å². The second kappa shape index (κ2) is 6.43. The molecule has 1 fully saturated rings. The number of amides is 1. The SMILES string of the molecule is CO[C@@H]1COC[C@@H](CNC(=O)c2n[nH]c3ccccc23)[C@@H]1O. The summed E-state index contributed by atoms with van der Waals surface area (Å²) in [6, 6.07) is 7.44. The van der Waals surface area contributed by atoms with Gasteiger partial charge in [-0.05, 0) is 6.07 Å². The first-order valence-electron chi connectivity index (χ1n) is 7.20. The van der Waals surface area contributed by atoms with Gasteiger partial charge in [-0.15, -0.1) is 0 Å². The van der Waals surface area contributed by atoms with Crippen molar-refractivity contribution in [3.05, 3.63) is 30.0 Å². The number of fused-ring (bicyclic) bond motifs is 1. The van der Waals surface area contributed by atoms with Gasteiger partial charge in [-0.2, -0.15) is 5.10 Å². The molecule has 1 saturated heterocycles. The summed E-state index contributed by atoms with van der Waals surface area (Å²) < 4.78 is 10.6. The summed E-state index contributed by atoms with van der Waals surface area (Å²) in [6.45, 7) is 1.07. The minimum absolute atomic E-state index is 0.201. The van der Waals surface area contributed by atoms with Gasteiger partial charge in [-0.3, -0.25) is 9.89 Å². The van der Waals surface area contributed by atoms with Gasteiger partial charge in [0.1, 0.15) is 6.10 Å². The van der Waals surface area contributed by atoms with Gasteiger partial charge in [-0.1, -0.05) is 18.2 Å². The van der Waals surface area contributed by atoms with Crippen molar-refractivity contribution in [3.8, 4) is 0 Å². The molecule has 1 amide bonds. The highest BCUT2D eigenvalue weighted by atomic mass is 16.5. The molecule has 118 valence electrons. The smallest absolute Gasteiger partial charge is 0.272 e. The summed E-state index contributed by atoms with van der Waals surface area (Å²) in [7, 11) is 1.54. The number of carbonyl (C=O) groups excluding carboxylic acids is 1. The first-order valence-corrected chi connectivity index (χ1v) is 7.20. The van der Waals surface area contributed by atoms with Gasteiger partial charge in [0.15, 0.2) is 5.69 Å². The van der Waals surface area contributed by atoms with Crippen LogP contribution in [0.1, 0.15) is 10.5 Å². The molecule has 0 spiro atoms. The average molecular weight is 305 g/mol. The Morgan fingerprint density at radius 1 is 1.50 bits per heavy atom. The van der Waals surface area contributed by atoms with E-state index < -0.39 is 6.10 Å². The number of H-pyrrole nitrogens is 1. The zero-order chi connectivity index (χ0) is 15.5. The Kier molecular flexibility index (Phi) is 4.37. The molecule has 0 unspecified atom stereocenters. The Bertz CT molecular complexity index is 657. The molecular weight excluding hydrogens is 286 g/mol. The van der Waals surface area contributed by atoms with Crippen LogP contribution in [0.25, 0.3) is 10.9 Å². The number of carbonyl (C=O) groups is 1. The highest BCUT2D eigenvalue weighted by Gasteiger charge is 2.33. The normalized spacial score (nSPS) is 25.3.